The lowest BCUT2D eigenvalue weighted by atomic mass is 10.2. The van der Waals surface area contributed by atoms with Crippen LogP contribution in [0.15, 0.2) is 0 Å². The number of aliphatic hydroxyl groups is 1. The van der Waals surface area contributed by atoms with E-state index in [0.717, 1.165) is 6.42 Å². The third kappa shape index (κ3) is 3.28. The van der Waals surface area contributed by atoms with E-state index in [9.17, 15) is 0 Å². The Kier molecular flexibility index (Phi) is 3.35. The lowest BCUT2D eigenvalue weighted by Gasteiger charge is -1.92. The van der Waals surface area contributed by atoms with Crippen LogP contribution in [-0.2, 0) is 0 Å². The average molecular weight is 99.1 g/mol. The summed E-state index contributed by atoms with van der Waals surface area (Å²) in [6.45, 7) is 1.93. The summed E-state index contributed by atoms with van der Waals surface area (Å²) >= 11 is 0. The number of hydrogen-bond donors (Lipinski definition) is 1. The smallest absolute Gasteiger partial charge is 0.140 e. The Balaban J connectivity index is 3.04. The van der Waals surface area contributed by atoms with E-state index in [2.05, 4.69) is 0 Å². The first-order valence-corrected chi connectivity index (χ1v) is 2.39. The van der Waals surface area contributed by atoms with Gasteiger partial charge in [0.15, 0.2) is 0 Å². The highest BCUT2D eigenvalue weighted by molar-refractivity contribution is 4.80. The van der Waals surface area contributed by atoms with Crippen LogP contribution >= 0.6 is 0 Å². The van der Waals surface area contributed by atoms with Gasteiger partial charge in [0, 0.05) is 0 Å². The molecule has 0 aromatic heterocycles. The molecular formula is C5H9NO. The molecule has 1 unspecified atom stereocenters. The van der Waals surface area contributed by atoms with Gasteiger partial charge in [-0.1, -0.05) is 13.3 Å². The maximum atomic E-state index is 8.50. The standard InChI is InChI=1S/C5H9NO/c1-2-3-5(7)4-6/h5,7H,2-3H2,1H3. The van der Waals surface area contributed by atoms with Crippen molar-refractivity contribution in [3.63, 3.8) is 0 Å². The van der Waals surface area contributed by atoms with Crippen molar-refractivity contribution < 1.29 is 5.11 Å². The lowest BCUT2D eigenvalue weighted by Crippen LogP contribution is -1.99. The highest BCUT2D eigenvalue weighted by Gasteiger charge is 1.94. The average Bonchev–Trinajstić information content (AvgIpc) is 1.68. The van der Waals surface area contributed by atoms with Gasteiger partial charge in [-0.15, -0.1) is 0 Å². The molecule has 2 heteroatoms. The molecule has 0 aliphatic rings. The zero-order valence-electron chi connectivity index (χ0n) is 4.39. The van der Waals surface area contributed by atoms with Crippen LogP contribution in [0, 0.1) is 11.3 Å². The zero-order chi connectivity index (χ0) is 5.70. The number of nitrogens with zero attached hydrogens (tertiary/aromatic N) is 1. The van der Waals surface area contributed by atoms with Crippen LogP contribution in [-0.4, -0.2) is 11.2 Å². The molecule has 0 rings (SSSR count). The second-order valence-electron chi connectivity index (χ2n) is 1.43. The van der Waals surface area contributed by atoms with Crippen molar-refractivity contribution in [2.24, 2.45) is 0 Å². The van der Waals surface area contributed by atoms with Crippen LogP contribution in [0.4, 0.5) is 0 Å². The van der Waals surface area contributed by atoms with E-state index in [0.29, 0.717) is 6.42 Å². The van der Waals surface area contributed by atoms with Gasteiger partial charge < -0.3 is 5.11 Å². The topological polar surface area (TPSA) is 44.0 Å². The van der Waals surface area contributed by atoms with Gasteiger partial charge in [-0.2, -0.15) is 5.26 Å². The van der Waals surface area contributed by atoms with Crippen LogP contribution in [0.1, 0.15) is 19.8 Å². The van der Waals surface area contributed by atoms with E-state index >= 15 is 0 Å². The molecule has 0 radical (unpaired) electrons. The number of aliphatic hydroxyl groups excluding tert-OH is 1. The fourth-order valence-corrected chi connectivity index (χ4v) is 0.338. The molecule has 1 atom stereocenters. The molecule has 0 saturated heterocycles. The Morgan fingerprint density at radius 1 is 1.86 bits per heavy atom. The highest BCUT2D eigenvalue weighted by Crippen LogP contribution is 1.91. The Morgan fingerprint density at radius 3 is 2.57 bits per heavy atom. The van der Waals surface area contributed by atoms with Crippen molar-refractivity contribution in [2.75, 3.05) is 0 Å². The van der Waals surface area contributed by atoms with Crippen molar-refractivity contribution in [1.82, 2.24) is 0 Å². The first-order valence-electron chi connectivity index (χ1n) is 2.39. The summed E-state index contributed by atoms with van der Waals surface area (Å²) in [5.41, 5.74) is 0. The molecule has 0 aromatic carbocycles. The molecule has 0 aliphatic heterocycles. The van der Waals surface area contributed by atoms with Gasteiger partial charge in [-0.3, -0.25) is 0 Å². The Labute approximate surface area is 43.4 Å². The second-order valence-corrected chi connectivity index (χ2v) is 1.43. The minimum Gasteiger partial charge on any atom is -0.378 e. The van der Waals surface area contributed by atoms with E-state index in [1.165, 1.54) is 0 Å². The van der Waals surface area contributed by atoms with Gasteiger partial charge >= 0.3 is 0 Å². The molecule has 0 heterocycles. The van der Waals surface area contributed by atoms with Crippen molar-refractivity contribution in [3.05, 3.63) is 0 Å². The minimum absolute atomic E-state index is 0.594. The molecule has 7 heavy (non-hydrogen) atoms. The molecule has 0 aromatic rings. The van der Waals surface area contributed by atoms with Crippen LogP contribution in [0.3, 0.4) is 0 Å². The van der Waals surface area contributed by atoms with E-state index in [1.807, 2.05) is 6.92 Å². The van der Waals surface area contributed by atoms with Gasteiger partial charge in [0.2, 0.25) is 0 Å². The monoisotopic (exact) mass is 99.1 g/mol. The molecule has 0 fully saturated rings. The van der Waals surface area contributed by atoms with Gasteiger partial charge in [0.25, 0.3) is 0 Å². The van der Waals surface area contributed by atoms with Crippen molar-refractivity contribution in [2.45, 2.75) is 25.9 Å². The maximum absolute atomic E-state index is 8.50. The van der Waals surface area contributed by atoms with Crippen molar-refractivity contribution >= 4 is 0 Å². The second kappa shape index (κ2) is 3.63. The summed E-state index contributed by atoms with van der Waals surface area (Å²) in [6, 6.07) is 1.72. The molecule has 0 aliphatic carbocycles. The quantitative estimate of drug-likeness (QED) is 0.517. The first-order chi connectivity index (χ1) is 3.31. The van der Waals surface area contributed by atoms with Gasteiger partial charge in [-0.25, -0.2) is 0 Å². The Hall–Kier alpha value is -0.550. The summed E-state index contributed by atoms with van der Waals surface area (Å²) in [6.07, 6.45) is 0.718. The highest BCUT2D eigenvalue weighted by atomic mass is 16.3. The van der Waals surface area contributed by atoms with Gasteiger partial charge in [-0.05, 0) is 6.42 Å². The molecule has 1 N–H and O–H groups in total. The molecular weight excluding hydrogens is 90.1 g/mol. The zero-order valence-corrected chi connectivity index (χ0v) is 4.39. The van der Waals surface area contributed by atoms with Crippen molar-refractivity contribution in [1.29, 1.82) is 5.26 Å². The lowest BCUT2D eigenvalue weighted by molar-refractivity contribution is 0.218. The molecule has 0 amide bonds. The maximum Gasteiger partial charge on any atom is 0.140 e. The normalized spacial score (nSPS) is 12.7. The van der Waals surface area contributed by atoms with Crippen molar-refractivity contribution in [3.8, 4) is 6.07 Å². The predicted octanol–water partition coefficient (Wildman–Crippen LogP) is 0.671. The Bertz CT molecular complexity index is 74.6. The summed E-state index contributed by atoms with van der Waals surface area (Å²) < 4.78 is 0. The van der Waals surface area contributed by atoms with E-state index < -0.39 is 6.10 Å². The predicted molar refractivity (Wildman–Crippen MR) is 26.5 cm³/mol. The third-order valence-corrected chi connectivity index (χ3v) is 0.711. The third-order valence-electron chi connectivity index (χ3n) is 0.711. The fourth-order valence-electron chi connectivity index (χ4n) is 0.338. The van der Waals surface area contributed by atoms with Gasteiger partial charge in [0.05, 0.1) is 6.07 Å². The number of nitriles is 1. The van der Waals surface area contributed by atoms with E-state index in [-0.39, 0.29) is 0 Å². The summed E-state index contributed by atoms with van der Waals surface area (Å²) in [7, 11) is 0. The van der Waals surface area contributed by atoms with Crippen LogP contribution in [0.5, 0.6) is 0 Å². The summed E-state index contributed by atoms with van der Waals surface area (Å²) in [5, 5.41) is 16.5. The molecule has 0 saturated carbocycles. The molecule has 0 spiro atoms. The molecule has 40 valence electrons. The van der Waals surface area contributed by atoms with Crippen LogP contribution in [0.2, 0.25) is 0 Å². The first kappa shape index (κ1) is 6.45. The largest absolute Gasteiger partial charge is 0.378 e. The van der Waals surface area contributed by atoms with Crippen LogP contribution in [0.25, 0.3) is 0 Å². The van der Waals surface area contributed by atoms with E-state index in [4.69, 9.17) is 10.4 Å². The summed E-state index contributed by atoms with van der Waals surface area (Å²) in [4.78, 5) is 0. The Morgan fingerprint density at radius 2 is 2.43 bits per heavy atom. The van der Waals surface area contributed by atoms with Gasteiger partial charge in [0.1, 0.15) is 6.10 Å². The molecule has 2 nitrogen and oxygen atoms in total. The minimum atomic E-state index is -0.745. The molecule has 0 bridgehead atoms. The van der Waals surface area contributed by atoms with E-state index in [1.54, 1.807) is 6.07 Å². The number of rotatable bonds is 2. The fraction of sp³-hybridized carbons (Fsp3) is 0.800. The SMILES string of the molecule is CCCC(O)C#N. The summed E-state index contributed by atoms with van der Waals surface area (Å²) in [5.74, 6) is 0. The number of hydrogen-bond acceptors (Lipinski definition) is 2. The van der Waals surface area contributed by atoms with Crippen LogP contribution < -0.4 is 0 Å².